The molecule has 0 amide bonds. The molecule has 2 unspecified atom stereocenters. The lowest BCUT2D eigenvalue weighted by atomic mass is 10.0. The van der Waals surface area contributed by atoms with Gasteiger partial charge in [0.25, 0.3) is 0 Å². The van der Waals surface area contributed by atoms with Crippen molar-refractivity contribution >= 4 is 33.0 Å². The molecular weight excluding hydrogens is 284 g/mol. The van der Waals surface area contributed by atoms with Crippen molar-refractivity contribution in [3.8, 4) is 0 Å². The molecule has 2 saturated carbocycles. The van der Waals surface area contributed by atoms with E-state index in [0.717, 1.165) is 21.2 Å². The Morgan fingerprint density at radius 2 is 2.00 bits per heavy atom. The molecule has 16 heavy (non-hydrogen) atoms. The topological polar surface area (TPSA) is 17.1 Å². The zero-order chi connectivity index (χ0) is 11.3. The van der Waals surface area contributed by atoms with Crippen LogP contribution in [0.5, 0.6) is 0 Å². The first-order valence-corrected chi connectivity index (χ1v) is 7.59. The average molecular weight is 299 g/mol. The number of Topliss-reactive ketones (excluding diaryl/α,β-unsaturated/α-hetero) is 1. The Kier molecular flexibility index (Phi) is 2.71. The highest BCUT2D eigenvalue weighted by molar-refractivity contribution is 9.11. The minimum absolute atomic E-state index is 0.364. The van der Waals surface area contributed by atoms with Gasteiger partial charge in [-0.15, -0.1) is 11.3 Å². The van der Waals surface area contributed by atoms with E-state index in [1.54, 1.807) is 11.3 Å². The van der Waals surface area contributed by atoms with Crippen molar-refractivity contribution in [2.24, 2.45) is 17.8 Å². The molecule has 2 aliphatic carbocycles. The van der Waals surface area contributed by atoms with Gasteiger partial charge in [-0.05, 0) is 53.6 Å². The minimum Gasteiger partial charge on any atom is -0.294 e. The highest BCUT2D eigenvalue weighted by Crippen LogP contribution is 2.56. The second kappa shape index (κ2) is 3.95. The Hall–Kier alpha value is -0.150. The van der Waals surface area contributed by atoms with Crippen LogP contribution in [0.25, 0.3) is 0 Å². The maximum absolute atomic E-state index is 12.4. The van der Waals surface area contributed by atoms with E-state index in [4.69, 9.17) is 0 Å². The summed E-state index contributed by atoms with van der Waals surface area (Å²) in [5.41, 5.74) is 0.969. The van der Waals surface area contributed by atoms with Crippen LogP contribution in [-0.4, -0.2) is 5.78 Å². The van der Waals surface area contributed by atoms with Gasteiger partial charge in [0.15, 0.2) is 5.78 Å². The first-order chi connectivity index (χ1) is 7.68. The molecule has 3 rings (SSSR count). The summed E-state index contributed by atoms with van der Waals surface area (Å²) in [4.78, 5) is 13.6. The Bertz CT molecular complexity index is 425. The van der Waals surface area contributed by atoms with Crippen molar-refractivity contribution in [3.63, 3.8) is 0 Å². The van der Waals surface area contributed by atoms with Crippen molar-refractivity contribution in [2.75, 3.05) is 0 Å². The first kappa shape index (κ1) is 11.0. The second-order valence-electron chi connectivity index (χ2n) is 5.02. The van der Waals surface area contributed by atoms with Crippen LogP contribution >= 0.6 is 27.3 Å². The summed E-state index contributed by atoms with van der Waals surface area (Å²) in [7, 11) is 0. The highest BCUT2D eigenvalue weighted by Gasteiger charge is 2.54. The zero-order valence-corrected chi connectivity index (χ0v) is 11.7. The molecule has 0 saturated heterocycles. The summed E-state index contributed by atoms with van der Waals surface area (Å²) in [6.07, 6.45) is 5.23. The van der Waals surface area contributed by atoms with Crippen LogP contribution in [0.15, 0.2) is 9.85 Å². The van der Waals surface area contributed by atoms with Gasteiger partial charge in [0, 0.05) is 16.4 Å². The van der Waals surface area contributed by atoms with E-state index < -0.39 is 0 Å². The third kappa shape index (κ3) is 1.68. The van der Waals surface area contributed by atoms with Crippen LogP contribution in [0.2, 0.25) is 0 Å². The number of rotatable bonds is 2. The van der Waals surface area contributed by atoms with Gasteiger partial charge in [0.1, 0.15) is 0 Å². The van der Waals surface area contributed by atoms with E-state index in [0.29, 0.717) is 11.7 Å². The molecule has 0 aliphatic heterocycles. The van der Waals surface area contributed by atoms with Crippen LogP contribution in [0.3, 0.4) is 0 Å². The highest BCUT2D eigenvalue weighted by atomic mass is 79.9. The molecule has 2 fully saturated rings. The summed E-state index contributed by atoms with van der Waals surface area (Å²) in [6, 6.07) is 2.01. The molecular formula is C13H15BrOS. The number of ketones is 1. The van der Waals surface area contributed by atoms with Crippen LogP contribution in [-0.2, 0) is 0 Å². The Morgan fingerprint density at radius 3 is 2.50 bits per heavy atom. The molecule has 1 aromatic heterocycles. The number of carbonyl (C=O) groups excluding carboxylic acids is 1. The van der Waals surface area contributed by atoms with Crippen molar-refractivity contribution in [3.05, 3.63) is 20.3 Å². The van der Waals surface area contributed by atoms with E-state index in [1.165, 1.54) is 30.6 Å². The molecule has 0 N–H and O–H groups in total. The van der Waals surface area contributed by atoms with Crippen LogP contribution in [0.4, 0.5) is 0 Å². The SMILES string of the molecule is Cc1sc(Br)cc1C(=O)C1C2CCCCC21. The van der Waals surface area contributed by atoms with Crippen molar-refractivity contribution in [2.45, 2.75) is 32.6 Å². The Labute approximate surface area is 108 Å². The van der Waals surface area contributed by atoms with Gasteiger partial charge in [0.2, 0.25) is 0 Å². The Morgan fingerprint density at radius 1 is 1.38 bits per heavy atom. The second-order valence-corrected chi connectivity index (χ2v) is 7.66. The number of hydrogen-bond acceptors (Lipinski definition) is 2. The number of hydrogen-bond donors (Lipinski definition) is 0. The molecule has 0 aromatic carbocycles. The summed E-state index contributed by atoms with van der Waals surface area (Å²) >= 11 is 5.14. The van der Waals surface area contributed by atoms with Gasteiger partial charge in [0.05, 0.1) is 3.79 Å². The lowest BCUT2D eigenvalue weighted by molar-refractivity contribution is 0.0956. The maximum Gasteiger partial charge on any atom is 0.167 e. The summed E-state index contributed by atoms with van der Waals surface area (Å²) in [6.45, 7) is 2.05. The predicted molar refractivity (Wildman–Crippen MR) is 70.0 cm³/mol. The van der Waals surface area contributed by atoms with Gasteiger partial charge in [-0.25, -0.2) is 0 Å². The number of halogens is 1. The van der Waals surface area contributed by atoms with E-state index in [1.807, 2.05) is 6.07 Å². The van der Waals surface area contributed by atoms with Crippen LogP contribution in [0.1, 0.15) is 40.9 Å². The monoisotopic (exact) mass is 298 g/mol. The van der Waals surface area contributed by atoms with E-state index >= 15 is 0 Å². The number of fused-ring (bicyclic) bond motifs is 1. The van der Waals surface area contributed by atoms with E-state index in [2.05, 4.69) is 22.9 Å². The average Bonchev–Trinajstić information content (AvgIpc) is 2.89. The third-order valence-corrected chi connectivity index (χ3v) is 5.67. The molecule has 0 bridgehead atoms. The van der Waals surface area contributed by atoms with Gasteiger partial charge < -0.3 is 0 Å². The molecule has 1 aromatic rings. The molecule has 0 spiro atoms. The van der Waals surface area contributed by atoms with Crippen molar-refractivity contribution < 1.29 is 4.79 Å². The molecule has 2 aliphatic rings. The predicted octanol–water partition coefficient (Wildman–Crippen LogP) is 4.44. The van der Waals surface area contributed by atoms with Gasteiger partial charge in [-0.2, -0.15) is 0 Å². The minimum atomic E-state index is 0.364. The quantitative estimate of drug-likeness (QED) is 0.738. The molecule has 0 radical (unpaired) electrons. The van der Waals surface area contributed by atoms with Crippen molar-refractivity contribution in [1.82, 2.24) is 0 Å². The lowest BCUT2D eigenvalue weighted by Gasteiger charge is -2.04. The first-order valence-electron chi connectivity index (χ1n) is 5.98. The normalized spacial score (nSPS) is 32.2. The summed E-state index contributed by atoms with van der Waals surface area (Å²) in [5.74, 6) is 2.22. The fourth-order valence-electron chi connectivity index (χ4n) is 3.25. The molecule has 1 nitrogen and oxygen atoms in total. The number of aryl methyl sites for hydroxylation is 1. The third-order valence-electron chi connectivity index (χ3n) is 4.11. The molecule has 2 atom stereocenters. The van der Waals surface area contributed by atoms with E-state index in [-0.39, 0.29) is 0 Å². The van der Waals surface area contributed by atoms with Gasteiger partial charge >= 0.3 is 0 Å². The molecule has 1 heterocycles. The van der Waals surface area contributed by atoms with Gasteiger partial charge in [-0.1, -0.05) is 12.8 Å². The molecule has 86 valence electrons. The van der Waals surface area contributed by atoms with Crippen LogP contribution in [0, 0.1) is 24.7 Å². The van der Waals surface area contributed by atoms with E-state index in [9.17, 15) is 4.79 Å². The number of carbonyl (C=O) groups is 1. The standard InChI is InChI=1S/C13H15BrOS/c1-7-10(6-11(14)16-7)13(15)12-8-4-2-3-5-9(8)12/h6,8-9,12H,2-5H2,1H3. The zero-order valence-electron chi connectivity index (χ0n) is 9.33. The number of thiophene rings is 1. The molecule has 3 heteroatoms. The lowest BCUT2D eigenvalue weighted by Crippen LogP contribution is -2.04. The van der Waals surface area contributed by atoms with Gasteiger partial charge in [-0.3, -0.25) is 4.79 Å². The summed E-state index contributed by atoms with van der Waals surface area (Å²) < 4.78 is 1.08. The smallest absolute Gasteiger partial charge is 0.167 e. The summed E-state index contributed by atoms with van der Waals surface area (Å²) in [5, 5.41) is 0. The van der Waals surface area contributed by atoms with Crippen molar-refractivity contribution in [1.29, 1.82) is 0 Å². The largest absolute Gasteiger partial charge is 0.294 e. The van der Waals surface area contributed by atoms with Crippen LogP contribution < -0.4 is 0 Å². The maximum atomic E-state index is 12.4. The Balaban J connectivity index is 1.81. The fourth-order valence-corrected chi connectivity index (χ4v) is 4.95. The fraction of sp³-hybridized carbons (Fsp3) is 0.615.